The van der Waals surface area contributed by atoms with Gasteiger partial charge in [-0.05, 0) is 63.9 Å². The van der Waals surface area contributed by atoms with Crippen molar-refractivity contribution in [2.45, 2.75) is 51.0 Å². The highest BCUT2D eigenvalue weighted by Crippen LogP contribution is 2.44. The number of anilines is 2. The molecule has 7 rings (SSSR count). The number of aliphatic hydroxyl groups excluding tert-OH is 1. The Morgan fingerprint density at radius 1 is 1.09 bits per heavy atom. The van der Waals surface area contributed by atoms with E-state index >= 15 is 0 Å². The van der Waals surface area contributed by atoms with Crippen LogP contribution in [-0.4, -0.2) is 71.3 Å². The van der Waals surface area contributed by atoms with E-state index in [1.54, 1.807) is 28.0 Å². The largest absolute Gasteiger partial charge is 0.444 e. The van der Waals surface area contributed by atoms with E-state index in [1.165, 1.54) is 0 Å². The second-order valence-corrected chi connectivity index (χ2v) is 14.0. The van der Waals surface area contributed by atoms with Crippen molar-refractivity contribution in [2.24, 2.45) is 0 Å². The van der Waals surface area contributed by atoms with Crippen LogP contribution >= 0.6 is 11.3 Å². The molecule has 1 aliphatic heterocycles. The smallest absolute Gasteiger partial charge is 0.408 e. The molecule has 5 aromatic rings. The van der Waals surface area contributed by atoms with Crippen molar-refractivity contribution in [1.29, 1.82) is 0 Å². The maximum Gasteiger partial charge on any atom is 0.408 e. The van der Waals surface area contributed by atoms with Crippen LogP contribution in [-0.2, 0) is 9.47 Å². The minimum Gasteiger partial charge on any atom is -0.444 e. The van der Waals surface area contributed by atoms with Gasteiger partial charge in [-0.25, -0.2) is 9.78 Å². The van der Waals surface area contributed by atoms with Gasteiger partial charge in [0, 0.05) is 69.4 Å². The third-order valence-corrected chi connectivity index (χ3v) is 9.81. The third-order valence-electron chi connectivity index (χ3n) is 8.59. The predicted octanol–water partition coefficient (Wildman–Crippen LogP) is 5.38. The number of nitrogens with one attached hydrogen (secondary N) is 1. The zero-order valence-electron chi connectivity index (χ0n) is 25.9. The summed E-state index contributed by atoms with van der Waals surface area (Å²) in [6, 6.07) is 17.9. The number of carbonyl (C=O) groups is 1. The molecular weight excluding hydrogens is 590 g/mol. The lowest BCUT2D eigenvalue weighted by atomic mass is 10.0. The van der Waals surface area contributed by atoms with E-state index in [4.69, 9.17) is 14.5 Å². The monoisotopic (exact) mass is 627 g/mol. The summed E-state index contributed by atoms with van der Waals surface area (Å²) >= 11 is 1.69. The van der Waals surface area contributed by atoms with Crippen LogP contribution in [0.4, 0.5) is 16.3 Å². The van der Waals surface area contributed by atoms with Gasteiger partial charge in [0.05, 0.1) is 18.8 Å². The Balaban J connectivity index is 1.25. The van der Waals surface area contributed by atoms with Crippen LogP contribution in [0.15, 0.2) is 65.6 Å². The molecule has 2 aromatic carbocycles. The highest BCUT2D eigenvalue weighted by atomic mass is 32.1. The maximum absolute atomic E-state index is 13.2. The molecule has 10 nitrogen and oxygen atoms in total. The van der Waals surface area contributed by atoms with Gasteiger partial charge in [-0.2, -0.15) is 0 Å². The molecule has 45 heavy (non-hydrogen) atoms. The Labute approximate surface area is 264 Å². The normalized spacial score (nSPS) is 17.0. The number of hydrogen-bond donors (Lipinski definition) is 2. The summed E-state index contributed by atoms with van der Waals surface area (Å²) in [5.74, 6) is 0.667. The lowest BCUT2D eigenvalue weighted by molar-refractivity contribution is 0.0396. The van der Waals surface area contributed by atoms with E-state index in [2.05, 4.69) is 34.5 Å². The fraction of sp³-hybridized carbons (Fsp3) is 0.382. The summed E-state index contributed by atoms with van der Waals surface area (Å²) in [6.45, 7) is 8.07. The van der Waals surface area contributed by atoms with Gasteiger partial charge in [0.1, 0.15) is 23.3 Å². The molecule has 2 fully saturated rings. The molecule has 1 unspecified atom stereocenters. The van der Waals surface area contributed by atoms with Crippen molar-refractivity contribution >= 4 is 54.8 Å². The molecule has 0 spiro atoms. The Morgan fingerprint density at radius 2 is 1.84 bits per heavy atom. The molecule has 0 bridgehead atoms. The average molecular weight is 628 g/mol. The van der Waals surface area contributed by atoms with E-state index in [-0.39, 0.29) is 5.56 Å². The highest BCUT2D eigenvalue weighted by molar-refractivity contribution is 7.26. The standard InChI is InChI=1S/C34H37N5O5S/c1-33(2,3)44-32(42)36-34(12-13-34)31(41)37(4)21-10-11-26-25(19-21)23-8-5-7-22(29(23)45-26)24-9-6-14-39-28(40)20-27(35-30(24)39)38-15-17-43-18-16-38/h5-11,14,19-20,31,41H,12-13,15-18H2,1-4H3,(H,36,42). The Morgan fingerprint density at radius 3 is 2.58 bits per heavy atom. The maximum atomic E-state index is 13.2. The molecule has 2 N–H and O–H groups in total. The Hall–Kier alpha value is -4.19. The number of aromatic nitrogens is 2. The molecule has 0 radical (unpaired) electrons. The summed E-state index contributed by atoms with van der Waals surface area (Å²) in [4.78, 5) is 34.6. The Kier molecular flexibility index (Phi) is 7.22. The highest BCUT2D eigenvalue weighted by Gasteiger charge is 2.53. The lowest BCUT2D eigenvalue weighted by Crippen LogP contribution is -2.53. The van der Waals surface area contributed by atoms with Crippen LogP contribution in [0.1, 0.15) is 33.6 Å². The lowest BCUT2D eigenvalue weighted by Gasteiger charge is -2.33. The first kappa shape index (κ1) is 29.5. The number of rotatable bonds is 6. The van der Waals surface area contributed by atoms with E-state index in [9.17, 15) is 14.7 Å². The molecule has 1 amide bonds. The minimum atomic E-state index is -0.927. The van der Waals surface area contributed by atoms with Crippen LogP contribution in [0, 0.1) is 0 Å². The zero-order valence-corrected chi connectivity index (χ0v) is 26.7. The number of carbonyl (C=O) groups excluding carboxylic acids is 1. The summed E-state index contributed by atoms with van der Waals surface area (Å²) in [5.41, 5.74) is 1.86. The number of thiophene rings is 1. The fourth-order valence-electron chi connectivity index (χ4n) is 6.10. The number of alkyl carbamates (subject to hydrolysis) is 1. The van der Waals surface area contributed by atoms with Crippen molar-refractivity contribution in [3.8, 4) is 11.1 Å². The van der Waals surface area contributed by atoms with Gasteiger partial charge in [0.2, 0.25) is 0 Å². The first-order valence-electron chi connectivity index (χ1n) is 15.3. The van der Waals surface area contributed by atoms with E-state index in [0.717, 1.165) is 37.0 Å². The van der Waals surface area contributed by atoms with Gasteiger partial charge in [-0.15, -0.1) is 11.3 Å². The predicted molar refractivity (Wildman–Crippen MR) is 179 cm³/mol. The van der Waals surface area contributed by atoms with E-state index < -0.39 is 23.5 Å². The van der Waals surface area contributed by atoms with E-state index in [1.807, 2.05) is 57.0 Å². The molecule has 1 aliphatic carbocycles. The van der Waals surface area contributed by atoms with Crippen LogP contribution in [0.3, 0.4) is 0 Å². The fourth-order valence-corrected chi connectivity index (χ4v) is 7.31. The van der Waals surface area contributed by atoms with E-state index in [0.29, 0.717) is 50.6 Å². The zero-order chi connectivity index (χ0) is 31.5. The molecule has 11 heteroatoms. The number of morpholine rings is 1. The van der Waals surface area contributed by atoms with Crippen LogP contribution in [0.25, 0.3) is 36.9 Å². The number of amides is 1. The van der Waals surface area contributed by atoms with Gasteiger partial charge in [0.15, 0.2) is 0 Å². The number of nitrogens with zero attached hydrogens (tertiary/aromatic N) is 4. The second-order valence-electron chi connectivity index (χ2n) is 12.9. The van der Waals surface area contributed by atoms with Gasteiger partial charge >= 0.3 is 6.09 Å². The number of ether oxygens (including phenoxy) is 2. The average Bonchev–Trinajstić information content (AvgIpc) is 3.70. The van der Waals surface area contributed by atoms with Gasteiger partial charge in [0.25, 0.3) is 5.56 Å². The van der Waals surface area contributed by atoms with Gasteiger partial charge in [-0.1, -0.05) is 18.2 Å². The third kappa shape index (κ3) is 5.49. The number of pyridine rings is 1. The number of aliphatic hydroxyl groups is 1. The quantitative estimate of drug-likeness (QED) is 0.242. The molecule has 2 aliphatic rings. The second kappa shape index (κ2) is 11.0. The summed E-state index contributed by atoms with van der Waals surface area (Å²) in [7, 11) is 1.84. The van der Waals surface area contributed by atoms with Gasteiger partial charge < -0.3 is 29.7 Å². The number of likely N-dealkylation sites (N-methyl/N-ethyl adjacent to an activating group) is 1. The van der Waals surface area contributed by atoms with Crippen molar-refractivity contribution in [3.05, 3.63) is 71.1 Å². The van der Waals surface area contributed by atoms with Gasteiger partial charge in [-0.3, -0.25) is 9.20 Å². The minimum absolute atomic E-state index is 0.118. The number of fused-ring (bicyclic) bond motifs is 4. The van der Waals surface area contributed by atoms with Crippen LogP contribution in [0.2, 0.25) is 0 Å². The summed E-state index contributed by atoms with van der Waals surface area (Å²) in [5, 5.41) is 16.5. The molecule has 1 saturated carbocycles. The number of benzene rings is 2. The van der Waals surface area contributed by atoms with Crippen molar-refractivity contribution in [1.82, 2.24) is 14.7 Å². The van der Waals surface area contributed by atoms with Crippen molar-refractivity contribution in [2.75, 3.05) is 43.2 Å². The molecule has 1 atom stereocenters. The molecular formula is C34H37N5O5S. The van der Waals surface area contributed by atoms with Crippen LogP contribution in [0.5, 0.6) is 0 Å². The SMILES string of the molecule is CN(c1ccc2sc3c(-c4cccn5c(=O)cc(N6CCOCC6)nc45)cccc3c2c1)C(O)C1(NC(=O)OC(C)(C)C)CC1. The van der Waals surface area contributed by atoms with Crippen molar-refractivity contribution < 1.29 is 19.4 Å². The summed E-state index contributed by atoms with van der Waals surface area (Å²) in [6.07, 6.45) is 1.64. The molecule has 4 heterocycles. The molecule has 1 saturated heterocycles. The first-order valence-corrected chi connectivity index (χ1v) is 16.1. The first-order chi connectivity index (χ1) is 21.5. The van der Waals surface area contributed by atoms with Crippen LogP contribution < -0.4 is 20.7 Å². The molecule has 3 aromatic heterocycles. The van der Waals surface area contributed by atoms with Crippen molar-refractivity contribution in [3.63, 3.8) is 0 Å². The number of hydrogen-bond acceptors (Lipinski definition) is 9. The topological polar surface area (TPSA) is 109 Å². The Bertz CT molecular complexity index is 1990. The summed E-state index contributed by atoms with van der Waals surface area (Å²) < 4.78 is 14.8. The molecule has 234 valence electrons.